The number of hydrogen-bond acceptors (Lipinski definition) is 2. The third kappa shape index (κ3) is 3.28. The van der Waals surface area contributed by atoms with E-state index in [1.165, 1.54) is 0 Å². The molecule has 0 aliphatic heterocycles. The topological polar surface area (TPSA) is 26.3 Å². The van der Waals surface area contributed by atoms with Gasteiger partial charge in [-0.05, 0) is 37.1 Å². The molecule has 20 heavy (non-hydrogen) atoms. The number of aryl methyl sites for hydroxylation is 2. The molecule has 0 atom stereocenters. The Bertz CT molecular complexity index is 647. The Balaban J connectivity index is 2.31. The Kier molecular flexibility index (Phi) is 4.61. The largest absolute Gasteiger partial charge is 0.496 e. The minimum atomic E-state index is 0.0631. The fourth-order valence-electron chi connectivity index (χ4n) is 2.14. The van der Waals surface area contributed by atoms with Crippen LogP contribution in [-0.2, 0) is 6.42 Å². The van der Waals surface area contributed by atoms with Crippen LogP contribution in [0.5, 0.6) is 5.75 Å². The van der Waals surface area contributed by atoms with Gasteiger partial charge in [0.05, 0.1) is 12.7 Å². The second-order valence-electron chi connectivity index (χ2n) is 4.89. The Morgan fingerprint density at radius 3 is 2.60 bits per heavy atom. The fourth-order valence-corrected chi connectivity index (χ4v) is 2.49. The van der Waals surface area contributed by atoms with Gasteiger partial charge in [-0.25, -0.2) is 0 Å². The van der Waals surface area contributed by atoms with Gasteiger partial charge in [0.1, 0.15) is 5.75 Å². The van der Waals surface area contributed by atoms with Gasteiger partial charge in [-0.2, -0.15) is 0 Å². The summed E-state index contributed by atoms with van der Waals surface area (Å²) in [5.74, 6) is 0.691. The van der Waals surface area contributed by atoms with Gasteiger partial charge in [0.15, 0.2) is 5.78 Å². The summed E-state index contributed by atoms with van der Waals surface area (Å²) in [4.78, 5) is 12.5. The maximum Gasteiger partial charge on any atom is 0.170 e. The van der Waals surface area contributed by atoms with E-state index >= 15 is 0 Å². The summed E-state index contributed by atoms with van der Waals surface area (Å²) in [5, 5.41) is 0. The van der Waals surface area contributed by atoms with E-state index in [0.717, 1.165) is 21.2 Å². The van der Waals surface area contributed by atoms with E-state index in [-0.39, 0.29) is 5.78 Å². The van der Waals surface area contributed by atoms with Crippen molar-refractivity contribution in [1.82, 2.24) is 0 Å². The van der Waals surface area contributed by atoms with Gasteiger partial charge in [0, 0.05) is 10.9 Å². The highest BCUT2D eigenvalue weighted by Gasteiger charge is 2.15. The van der Waals surface area contributed by atoms with Crippen molar-refractivity contribution in [2.24, 2.45) is 0 Å². The monoisotopic (exact) mass is 332 g/mol. The summed E-state index contributed by atoms with van der Waals surface area (Å²) in [6, 6.07) is 11.7. The number of hydrogen-bond donors (Lipinski definition) is 0. The van der Waals surface area contributed by atoms with E-state index in [1.807, 2.05) is 50.2 Å². The lowest BCUT2D eigenvalue weighted by atomic mass is 10.00. The quantitative estimate of drug-likeness (QED) is 0.770. The van der Waals surface area contributed by atoms with Crippen LogP contribution >= 0.6 is 15.9 Å². The van der Waals surface area contributed by atoms with Gasteiger partial charge in [-0.15, -0.1) is 0 Å². The number of ether oxygens (including phenoxy) is 1. The third-order valence-corrected chi connectivity index (χ3v) is 4.08. The maximum atomic E-state index is 12.5. The van der Waals surface area contributed by atoms with Crippen molar-refractivity contribution >= 4 is 21.7 Å². The van der Waals surface area contributed by atoms with Crippen LogP contribution in [0, 0.1) is 13.8 Å². The first-order valence-corrected chi connectivity index (χ1v) is 7.23. The predicted octanol–water partition coefficient (Wildman–Crippen LogP) is 4.50. The van der Waals surface area contributed by atoms with Crippen LogP contribution in [0.1, 0.15) is 27.0 Å². The second kappa shape index (κ2) is 6.23. The van der Waals surface area contributed by atoms with E-state index in [9.17, 15) is 4.79 Å². The van der Waals surface area contributed by atoms with E-state index in [0.29, 0.717) is 17.7 Å². The average molecular weight is 333 g/mol. The van der Waals surface area contributed by atoms with Crippen molar-refractivity contribution in [3.63, 3.8) is 0 Å². The van der Waals surface area contributed by atoms with Crippen molar-refractivity contribution in [3.8, 4) is 5.75 Å². The molecule has 2 aromatic carbocycles. The van der Waals surface area contributed by atoms with E-state index in [2.05, 4.69) is 15.9 Å². The van der Waals surface area contributed by atoms with Gasteiger partial charge in [-0.1, -0.05) is 45.8 Å². The van der Waals surface area contributed by atoms with Crippen LogP contribution < -0.4 is 4.74 Å². The molecule has 0 amide bonds. The molecule has 0 aliphatic carbocycles. The number of rotatable bonds is 4. The summed E-state index contributed by atoms with van der Waals surface area (Å²) in [5.41, 5.74) is 3.85. The van der Waals surface area contributed by atoms with Crippen LogP contribution in [-0.4, -0.2) is 12.9 Å². The van der Waals surface area contributed by atoms with Gasteiger partial charge < -0.3 is 4.74 Å². The maximum absolute atomic E-state index is 12.5. The van der Waals surface area contributed by atoms with Crippen LogP contribution in [0.25, 0.3) is 0 Å². The van der Waals surface area contributed by atoms with Crippen LogP contribution in [0.4, 0.5) is 0 Å². The molecule has 0 bridgehead atoms. The molecule has 0 saturated heterocycles. The molecule has 0 radical (unpaired) electrons. The van der Waals surface area contributed by atoms with Crippen molar-refractivity contribution < 1.29 is 9.53 Å². The van der Waals surface area contributed by atoms with Crippen molar-refractivity contribution in [2.45, 2.75) is 20.3 Å². The molecule has 0 aromatic heterocycles. The standard InChI is InChI=1S/C17H17BrO2/c1-11-5-4-6-13(7-11)9-16(19)14-10-15(18)12(2)8-17(14)20-3/h4-8,10H,9H2,1-3H3. The predicted molar refractivity (Wildman–Crippen MR) is 84.6 cm³/mol. The summed E-state index contributed by atoms with van der Waals surface area (Å²) in [6.07, 6.45) is 0.382. The highest BCUT2D eigenvalue weighted by Crippen LogP contribution is 2.28. The Hall–Kier alpha value is -1.61. The molecule has 2 rings (SSSR count). The smallest absolute Gasteiger partial charge is 0.170 e. The summed E-state index contributed by atoms with van der Waals surface area (Å²) in [6.45, 7) is 4.00. The van der Waals surface area contributed by atoms with Crippen LogP contribution in [0.3, 0.4) is 0 Å². The summed E-state index contributed by atoms with van der Waals surface area (Å²) >= 11 is 3.47. The van der Waals surface area contributed by atoms with Crippen molar-refractivity contribution in [3.05, 3.63) is 63.1 Å². The number of halogens is 1. The molecule has 0 aliphatic rings. The zero-order chi connectivity index (χ0) is 14.7. The number of carbonyl (C=O) groups excluding carboxylic acids is 1. The van der Waals surface area contributed by atoms with E-state index in [1.54, 1.807) is 7.11 Å². The Morgan fingerprint density at radius 1 is 1.20 bits per heavy atom. The second-order valence-corrected chi connectivity index (χ2v) is 5.75. The van der Waals surface area contributed by atoms with E-state index in [4.69, 9.17) is 4.74 Å². The molecule has 0 heterocycles. The highest BCUT2D eigenvalue weighted by molar-refractivity contribution is 9.10. The number of Topliss-reactive ketones (excluding diaryl/α,β-unsaturated/α-hetero) is 1. The zero-order valence-corrected chi connectivity index (χ0v) is 13.5. The molecule has 104 valence electrons. The SMILES string of the molecule is COc1cc(C)c(Br)cc1C(=O)Cc1cccc(C)c1. The van der Waals surface area contributed by atoms with Gasteiger partial charge in [-0.3, -0.25) is 4.79 Å². The lowest BCUT2D eigenvalue weighted by molar-refractivity contribution is 0.0990. The first-order chi connectivity index (χ1) is 9.51. The molecule has 0 saturated carbocycles. The first kappa shape index (κ1) is 14.8. The summed E-state index contributed by atoms with van der Waals surface area (Å²) in [7, 11) is 1.59. The minimum absolute atomic E-state index is 0.0631. The van der Waals surface area contributed by atoms with Crippen molar-refractivity contribution in [1.29, 1.82) is 0 Å². The normalized spacial score (nSPS) is 10.4. The molecular weight excluding hydrogens is 316 g/mol. The number of methoxy groups -OCH3 is 1. The van der Waals surface area contributed by atoms with Gasteiger partial charge in [0.2, 0.25) is 0 Å². The third-order valence-electron chi connectivity index (χ3n) is 3.23. The number of carbonyl (C=O) groups is 1. The molecule has 2 nitrogen and oxygen atoms in total. The Labute approximate surface area is 127 Å². The molecule has 2 aromatic rings. The van der Waals surface area contributed by atoms with Gasteiger partial charge >= 0.3 is 0 Å². The number of ketones is 1. The van der Waals surface area contributed by atoms with Crippen molar-refractivity contribution in [2.75, 3.05) is 7.11 Å². The molecule has 0 N–H and O–H groups in total. The van der Waals surface area contributed by atoms with E-state index < -0.39 is 0 Å². The minimum Gasteiger partial charge on any atom is -0.496 e. The molecule has 3 heteroatoms. The van der Waals surface area contributed by atoms with Crippen LogP contribution in [0.15, 0.2) is 40.9 Å². The zero-order valence-electron chi connectivity index (χ0n) is 11.9. The van der Waals surface area contributed by atoms with Gasteiger partial charge in [0.25, 0.3) is 0 Å². The summed E-state index contributed by atoms with van der Waals surface area (Å²) < 4.78 is 6.24. The molecular formula is C17H17BrO2. The molecule has 0 spiro atoms. The fraction of sp³-hybridized carbons (Fsp3) is 0.235. The Morgan fingerprint density at radius 2 is 1.95 bits per heavy atom. The number of benzene rings is 2. The first-order valence-electron chi connectivity index (χ1n) is 6.44. The lowest BCUT2D eigenvalue weighted by Gasteiger charge is -2.10. The average Bonchev–Trinajstić information content (AvgIpc) is 2.41. The molecule has 0 unspecified atom stereocenters. The lowest BCUT2D eigenvalue weighted by Crippen LogP contribution is -2.06. The van der Waals surface area contributed by atoms with Crippen LogP contribution in [0.2, 0.25) is 0 Å². The molecule has 0 fully saturated rings. The highest BCUT2D eigenvalue weighted by atomic mass is 79.9.